The van der Waals surface area contributed by atoms with Crippen molar-refractivity contribution >= 4 is 23.6 Å². The third-order valence-electron chi connectivity index (χ3n) is 3.81. The summed E-state index contributed by atoms with van der Waals surface area (Å²) in [6.07, 6.45) is 0.524. The minimum Gasteiger partial charge on any atom is -0.366 e. The number of hydrogen-bond donors (Lipinski definition) is 2. The van der Waals surface area contributed by atoms with Crippen LogP contribution >= 0.6 is 0 Å². The summed E-state index contributed by atoms with van der Waals surface area (Å²) in [5.41, 5.74) is 6.59. The minimum atomic E-state index is -0.653. The first kappa shape index (κ1) is 13.3. The molecule has 3 rings (SSSR count). The minimum absolute atomic E-state index is 0.211. The van der Waals surface area contributed by atoms with Crippen molar-refractivity contribution in [2.75, 3.05) is 0 Å². The molecule has 3 N–H and O–H groups in total. The number of rotatable bonds is 2. The number of hydrogen-bond acceptors (Lipinski definition) is 4. The van der Waals surface area contributed by atoms with E-state index in [4.69, 9.17) is 5.73 Å². The normalized spacial score (nSPS) is 21.2. The first-order valence-corrected chi connectivity index (χ1v) is 6.55. The Balaban J connectivity index is 1.88. The van der Waals surface area contributed by atoms with E-state index >= 15 is 0 Å². The Morgan fingerprint density at radius 1 is 1.29 bits per heavy atom. The number of nitrogens with one attached hydrogen (secondary N) is 1. The van der Waals surface area contributed by atoms with E-state index in [2.05, 4.69) is 5.32 Å². The zero-order valence-electron chi connectivity index (χ0n) is 11.1. The molecule has 21 heavy (non-hydrogen) atoms. The number of nitrogens with zero attached hydrogens (tertiary/aromatic N) is 1. The maximum Gasteiger partial charge on any atom is 0.255 e. The highest BCUT2D eigenvalue weighted by atomic mass is 16.2. The van der Waals surface area contributed by atoms with Crippen molar-refractivity contribution in [3.8, 4) is 0 Å². The molecule has 2 heterocycles. The summed E-state index contributed by atoms with van der Waals surface area (Å²) >= 11 is 0. The van der Waals surface area contributed by atoms with E-state index in [-0.39, 0.29) is 23.8 Å². The molecule has 0 radical (unpaired) electrons. The van der Waals surface area contributed by atoms with E-state index in [9.17, 15) is 19.2 Å². The van der Waals surface area contributed by atoms with Gasteiger partial charge in [0, 0.05) is 24.1 Å². The van der Waals surface area contributed by atoms with Crippen molar-refractivity contribution in [3.05, 3.63) is 34.9 Å². The average molecular weight is 287 g/mol. The highest BCUT2D eigenvalue weighted by Gasteiger charge is 2.39. The molecule has 108 valence electrons. The lowest BCUT2D eigenvalue weighted by Gasteiger charge is -2.29. The van der Waals surface area contributed by atoms with Gasteiger partial charge in [0.05, 0.1) is 0 Å². The fourth-order valence-corrected chi connectivity index (χ4v) is 2.71. The van der Waals surface area contributed by atoms with Crippen LogP contribution in [0.2, 0.25) is 0 Å². The molecule has 2 aliphatic heterocycles. The SMILES string of the molecule is NC(=O)c1ccc2c(c1)C(=O)N(C1CCC(=O)NC1=O)C2. The second-order valence-corrected chi connectivity index (χ2v) is 5.14. The highest BCUT2D eigenvalue weighted by molar-refractivity contribution is 6.06. The Labute approximate surface area is 120 Å². The number of amides is 4. The molecule has 0 saturated carbocycles. The third-order valence-corrected chi connectivity index (χ3v) is 3.81. The van der Waals surface area contributed by atoms with Crippen LogP contribution in [-0.2, 0) is 16.1 Å². The fraction of sp³-hybridized carbons (Fsp3) is 0.286. The van der Waals surface area contributed by atoms with Crippen LogP contribution in [0.5, 0.6) is 0 Å². The number of imide groups is 1. The molecule has 2 aliphatic rings. The van der Waals surface area contributed by atoms with Gasteiger partial charge in [-0.15, -0.1) is 0 Å². The summed E-state index contributed by atoms with van der Waals surface area (Å²) in [7, 11) is 0. The Bertz CT molecular complexity index is 683. The number of nitrogens with two attached hydrogens (primary N) is 1. The second kappa shape index (κ2) is 4.69. The predicted molar refractivity (Wildman–Crippen MR) is 71.0 cm³/mol. The molecule has 1 fully saturated rings. The summed E-state index contributed by atoms with van der Waals surface area (Å²) in [6.45, 7) is 0.291. The lowest BCUT2D eigenvalue weighted by atomic mass is 10.0. The lowest BCUT2D eigenvalue weighted by molar-refractivity contribution is -0.136. The molecule has 1 unspecified atom stereocenters. The van der Waals surface area contributed by atoms with Gasteiger partial charge in [-0.1, -0.05) is 6.07 Å². The number of primary amides is 1. The molecule has 7 heteroatoms. The molecule has 4 amide bonds. The van der Waals surface area contributed by atoms with Crippen molar-refractivity contribution in [3.63, 3.8) is 0 Å². The van der Waals surface area contributed by atoms with E-state index < -0.39 is 17.9 Å². The maximum atomic E-state index is 12.4. The zero-order valence-corrected chi connectivity index (χ0v) is 11.1. The van der Waals surface area contributed by atoms with Gasteiger partial charge in [0.1, 0.15) is 6.04 Å². The molecular formula is C14H13N3O4. The predicted octanol–water partition coefficient (Wildman–Crippen LogP) is -0.454. The van der Waals surface area contributed by atoms with E-state index in [1.54, 1.807) is 12.1 Å². The average Bonchev–Trinajstić information content (AvgIpc) is 2.75. The summed E-state index contributed by atoms with van der Waals surface area (Å²) in [5, 5.41) is 2.24. The van der Waals surface area contributed by atoms with Crippen molar-refractivity contribution in [1.29, 1.82) is 0 Å². The number of fused-ring (bicyclic) bond motifs is 1. The maximum absolute atomic E-state index is 12.4. The van der Waals surface area contributed by atoms with Gasteiger partial charge in [-0.3, -0.25) is 24.5 Å². The molecule has 0 aromatic heterocycles. The van der Waals surface area contributed by atoms with E-state index in [1.165, 1.54) is 11.0 Å². The van der Waals surface area contributed by atoms with Crippen LogP contribution in [0, 0.1) is 0 Å². The van der Waals surface area contributed by atoms with Crippen LogP contribution in [0.25, 0.3) is 0 Å². The molecule has 7 nitrogen and oxygen atoms in total. The quantitative estimate of drug-likeness (QED) is 0.717. The molecular weight excluding hydrogens is 274 g/mol. The van der Waals surface area contributed by atoms with Crippen LogP contribution in [0.4, 0.5) is 0 Å². The molecule has 1 aromatic carbocycles. The van der Waals surface area contributed by atoms with Crippen LogP contribution in [0.15, 0.2) is 18.2 Å². The molecule has 1 atom stereocenters. The lowest BCUT2D eigenvalue weighted by Crippen LogP contribution is -2.52. The fourth-order valence-electron chi connectivity index (χ4n) is 2.71. The van der Waals surface area contributed by atoms with Gasteiger partial charge in [0.2, 0.25) is 17.7 Å². The summed E-state index contributed by atoms with van der Waals surface area (Å²) in [4.78, 5) is 48.0. The zero-order chi connectivity index (χ0) is 15.1. The van der Waals surface area contributed by atoms with E-state index in [0.717, 1.165) is 5.56 Å². The third kappa shape index (κ3) is 2.16. The molecule has 0 bridgehead atoms. The smallest absolute Gasteiger partial charge is 0.255 e. The van der Waals surface area contributed by atoms with Crippen molar-refractivity contribution < 1.29 is 19.2 Å². The first-order valence-electron chi connectivity index (χ1n) is 6.55. The summed E-state index contributed by atoms with van der Waals surface area (Å²) in [6, 6.07) is 4.02. The van der Waals surface area contributed by atoms with Crippen molar-refractivity contribution in [2.24, 2.45) is 5.73 Å². The van der Waals surface area contributed by atoms with Crippen molar-refractivity contribution in [2.45, 2.75) is 25.4 Å². The van der Waals surface area contributed by atoms with Gasteiger partial charge in [0.25, 0.3) is 5.91 Å². The number of carbonyl (C=O) groups excluding carboxylic acids is 4. The number of piperidine rings is 1. The van der Waals surface area contributed by atoms with Gasteiger partial charge in [-0.05, 0) is 24.1 Å². The van der Waals surface area contributed by atoms with Crippen LogP contribution in [0.3, 0.4) is 0 Å². The van der Waals surface area contributed by atoms with Gasteiger partial charge in [-0.2, -0.15) is 0 Å². The second-order valence-electron chi connectivity index (χ2n) is 5.14. The Hall–Kier alpha value is -2.70. The number of benzene rings is 1. The Morgan fingerprint density at radius 3 is 2.71 bits per heavy atom. The molecule has 0 spiro atoms. The van der Waals surface area contributed by atoms with Crippen LogP contribution in [-0.4, -0.2) is 34.6 Å². The first-order chi connectivity index (χ1) is 9.97. The monoisotopic (exact) mass is 287 g/mol. The van der Waals surface area contributed by atoms with Crippen molar-refractivity contribution in [1.82, 2.24) is 10.2 Å². The molecule has 1 saturated heterocycles. The Kier molecular flexibility index (Phi) is 2.97. The van der Waals surface area contributed by atoms with Gasteiger partial charge in [-0.25, -0.2) is 0 Å². The van der Waals surface area contributed by atoms with Gasteiger partial charge >= 0.3 is 0 Å². The summed E-state index contributed by atoms with van der Waals surface area (Å²) < 4.78 is 0. The van der Waals surface area contributed by atoms with Gasteiger partial charge < -0.3 is 10.6 Å². The molecule has 0 aliphatic carbocycles. The highest BCUT2D eigenvalue weighted by Crippen LogP contribution is 2.28. The number of carbonyl (C=O) groups is 4. The van der Waals surface area contributed by atoms with Gasteiger partial charge in [0.15, 0.2) is 0 Å². The summed E-state index contributed by atoms with van der Waals surface area (Å²) in [5.74, 6) is -1.70. The molecule has 1 aromatic rings. The van der Waals surface area contributed by atoms with E-state index in [0.29, 0.717) is 18.5 Å². The van der Waals surface area contributed by atoms with Crippen LogP contribution in [0.1, 0.15) is 39.1 Å². The van der Waals surface area contributed by atoms with Crippen LogP contribution < -0.4 is 11.1 Å². The standard InChI is InChI=1S/C14H13N3O4/c15-12(19)7-1-2-8-6-17(14(21)9(8)5-7)10-3-4-11(18)16-13(10)20/h1-2,5,10H,3-4,6H2,(H2,15,19)(H,16,18,20). The van der Waals surface area contributed by atoms with E-state index in [1.807, 2.05) is 0 Å². The topological polar surface area (TPSA) is 110 Å². The Morgan fingerprint density at radius 2 is 2.05 bits per heavy atom. The largest absolute Gasteiger partial charge is 0.366 e.